The van der Waals surface area contributed by atoms with Gasteiger partial charge in [-0.1, -0.05) is 42.2 Å². The number of benzene rings is 2. The van der Waals surface area contributed by atoms with Crippen molar-refractivity contribution in [3.63, 3.8) is 0 Å². The highest BCUT2D eigenvalue weighted by atomic mass is 32.2. The topological polar surface area (TPSA) is 122 Å². The van der Waals surface area contributed by atoms with Crippen molar-refractivity contribution in [3.05, 3.63) is 71.3 Å². The summed E-state index contributed by atoms with van der Waals surface area (Å²) in [7, 11) is 1.57. The van der Waals surface area contributed by atoms with Gasteiger partial charge < -0.3 is 14.9 Å². The third kappa shape index (κ3) is 5.10. The van der Waals surface area contributed by atoms with Gasteiger partial charge in [0.15, 0.2) is 0 Å². The van der Waals surface area contributed by atoms with Crippen LogP contribution in [0.2, 0.25) is 0 Å². The number of rotatable bonds is 8. The van der Waals surface area contributed by atoms with Crippen LogP contribution in [-0.4, -0.2) is 60.2 Å². The number of methoxy groups -OCH3 is 1. The van der Waals surface area contributed by atoms with E-state index in [9.17, 15) is 19.5 Å². The predicted octanol–water partition coefficient (Wildman–Crippen LogP) is 3.68. The minimum absolute atomic E-state index is 0.0173. The van der Waals surface area contributed by atoms with Gasteiger partial charge in [-0.05, 0) is 42.5 Å². The molecule has 4 rings (SSSR count). The van der Waals surface area contributed by atoms with Gasteiger partial charge in [0.2, 0.25) is 0 Å². The summed E-state index contributed by atoms with van der Waals surface area (Å²) in [5.41, 5.74) is 2.77. The van der Waals surface area contributed by atoms with E-state index in [4.69, 9.17) is 27.2 Å². The Morgan fingerprint density at radius 3 is 2.43 bits per heavy atom. The van der Waals surface area contributed by atoms with Gasteiger partial charge in [-0.15, -0.1) is 0 Å². The van der Waals surface area contributed by atoms with Crippen LogP contribution in [0.1, 0.15) is 12.0 Å². The molecule has 1 aliphatic rings. The van der Waals surface area contributed by atoms with E-state index in [0.717, 1.165) is 27.9 Å². The fourth-order valence-electron chi connectivity index (χ4n) is 3.52. The second-order valence-corrected chi connectivity index (χ2v) is 9.12. The second-order valence-electron chi connectivity index (χ2n) is 7.45. The monoisotopic (exact) mass is 509 g/mol. The lowest BCUT2D eigenvalue weighted by molar-refractivity contribution is -0.150. The van der Waals surface area contributed by atoms with Gasteiger partial charge in [-0.3, -0.25) is 14.5 Å². The molecule has 1 fully saturated rings. The fraction of sp³-hybridized carbons (Fsp3) is 0.125. The Bertz CT molecular complexity index is 1340. The molecule has 0 saturated carbocycles. The number of para-hydroxylation sites is 1. The van der Waals surface area contributed by atoms with Crippen molar-refractivity contribution in [3.8, 4) is 22.7 Å². The van der Waals surface area contributed by atoms with E-state index < -0.39 is 30.3 Å². The van der Waals surface area contributed by atoms with Crippen molar-refractivity contribution < 1.29 is 29.3 Å². The number of carbonyl (C=O) groups excluding carboxylic acids is 1. The van der Waals surface area contributed by atoms with E-state index in [1.54, 1.807) is 36.2 Å². The van der Waals surface area contributed by atoms with Gasteiger partial charge in [-0.25, -0.2) is 9.48 Å². The molecule has 1 aromatic heterocycles. The number of nitrogens with zero attached hydrogens (tertiary/aromatic N) is 3. The average molecular weight is 510 g/mol. The zero-order chi connectivity index (χ0) is 25.1. The maximum atomic E-state index is 13.1. The molecule has 1 saturated heterocycles. The van der Waals surface area contributed by atoms with E-state index in [-0.39, 0.29) is 9.23 Å². The van der Waals surface area contributed by atoms with Crippen molar-refractivity contribution in [1.29, 1.82) is 0 Å². The van der Waals surface area contributed by atoms with Crippen LogP contribution in [0.4, 0.5) is 0 Å². The number of hydrogen-bond acceptors (Lipinski definition) is 7. The summed E-state index contributed by atoms with van der Waals surface area (Å²) in [4.78, 5) is 36.9. The van der Waals surface area contributed by atoms with E-state index in [1.807, 2.05) is 42.5 Å². The van der Waals surface area contributed by atoms with Gasteiger partial charge in [0.05, 0.1) is 29.8 Å². The molecule has 0 bridgehead atoms. The number of aromatic nitrogens is 2. The van der Waals surface area contributed by atoms with E-state index >= 15 is 0 Å². The van der Waals surface area contributed by atoms with Crippen LogP contribution < -0.4 is 4.74 Å². The van der Waals surface area contributed by atoms with E-state index in [1.165, 1.54) is 0 Å². The Balaban J connectivity index is 1.77. The molecule has 0 spiro atoms. The summed E-state index contributed by atoms with van der Waals surface area (Å²) in [6, 6.07) is 15.1. The second kappa shape index (κ2) is 10.1. The minimum Gasteiger partial charge on any atom is -0.497 e. The molecule has 1 amide bonds. The van der Waals surface area contributed by atoms with E-state index in [0.29, 0.717) is 17.0 Å². The number of thiocarbonyl (C=S) groups is 1. The highest BCUT2D eigenvalue weighted by Gasteiger charge is 2.41. The number of carboxylic acids is 2. The summed E-state index contributed by atoms with van der Waals surface area (Å²) >= 11 is 6.15. The minimum atomic E-state index is -1.60. The van der Waals surface area contributed by atoms with Crippen molar-refractivity contribution in [2.24, 2.45) is 0 Å². The molecule has 1 unspecified atom stereocenters. The molecule has 35 heavy (non-hydrogen) atoms. The quantitative estimate of drug-likeness (QED) is 0.346. The number of amides is 1. The van der Waals surface area contributed by atoms with Gasteiger partial charge in [-0.2, -0.15) is 5.10 Å². The van der Waals surface area contributed by atoms with Gasteiger partial charge >= 0.3 is 11.9 Å². The molecule has 3 aromatic rings. The molecule has 11 heteroatoms. The molecule has 2 aromatic carbocycles. The molecule has 1 atom stereocenters. The largest absolute Gasteiger partial charge is 0.497 e. The first-order chi connectivity index (χ1) is 16.8. The highest BCUT2D eigenvalue weighted by Crippen LogP contribution is 2.36. The van der Waals surface area contributed by atoms with Crippen LogP contribution >= 0.6 is 24.0 Å². The van der Waals surface area contributed by atoms with Gasteiger partial charge in [0.1, 0.15) is 16.1 Å². The van der Waals surface area contributed by atoms with Crippen LogP contribution in [0.5, 0.6) is 5.75 Å². The van der Waals surface area contributed by atoms with Crippen LogP contribution in [0.25, 0.3) is 23.0 Å². The number of thioether (sulfide) groups is 1. The molecule has 9 nitrogen and oxygen atoms in total. The van der Waals surface area contributed by atoms with E-state index in [2.05, 4.69) is 0 Å². The highest BCUT2D eigenvalue weighted by molar-refractivity contribution is 8.26. The summed E-state index contributed by atoms with van der Waals surface area (Å²) in [5.74, 6) is -2.78. The Kier molecular flexibility index (Phi) is 6.99. The van der Waals surface area contributed by atoms with Crippen molar-refractivity contribution >= 4 is 52.2 Å². The normalized spacial score (nSPS) is 15.5. The molecular weight excluding hydrogens is 490 g/mol. The maximum Gasteiger partial charge on any atom is 0.327 e. The Labute approximate surface area is 209 Å². The van der Waals surface area contributed by atoms with Crippen LogP contribution in [0.15, 0.2) is 65.7 Å². The Hall–Kier alpha value is -3.96. The van der Waals surface area contributed by atoms with Crippen molar-refractivity contribution in [2.75, 3.05) is 7.11 Å². The van der Waals surface area contributed by atoms with Crippen LogP contribution in [0, 0.1) is 0 Å². The van der Waals surface area contributed by atoms with Gasteiger partial charge in [0, 0.05) is 17.3 Å². The first kappa shape index (κ1) is 24.2. The molecule has 0 radical (unpaired) electrons. The average Bonchev–Trinajstić information content (AvgIpc) is 3.38. The first-order valence-electron chi connectivity index (χ1n) is 10.3. The summed E-state index contributed by atoms with van der Waals surface area (Å²) in [6.07, 6.45) is 2.58. The lowest BCUT2D eigenvalue weighted by Gasteiger charge is -2.21. The first-order valence-corrected chi connectivity index (χ1v) is 11.5. The molecule has 2 N–H and O–H groups in total. The number of carboxylic acid groups (broad SMARTS) is 2. The third-order valence-electron chi connectivity index (χ3n) is 5.20. The number of carbonyl (C=O) groups is 3. The number of ether oxygens (including phenoxy) is 1. The zero-order valence-corrected chi connectivity index (χ0v) is 20.0. The molecular formula is C24H19N3O6S2. The smallest absolute Gasteiger partial charge is 0.327 e. The third-order valence-corrected chi connectivity index (χ3v) is 6.53. The SMILES string of the molecule is COc1ccc(-c2nn(-c3ccccc3)cc2/C=C2/SC(=S)N(C(CC(=O)O)C(=O)O)C2=O)cc1. The Morgan fingerprint density at radius 2 is 1.83 bits per heavy atom. The Morgan fingerprint density at radius 1 is 1.14 bits per heavy atom. The molecule has 1 aliphatic heterocycles. The lowest BCUT2D eigenvalue weighted by Crippen LogP contribution is -2.45. The van der Waals surface area contributed by atoms with Gasteiger partial charge in [0.25, 0.3) is 5.91 Å². The van der Waals surface area contributed by atoms with Crippen LogP contribution in [0.3, 0.4) is 0 Å². The standard InChI is InChI=1S/C24H19N3O6S2/c1-33-17-9-7-14(8-10-17)21-15(13-26(25-21)16-5-3-2-4-6-16)11-19-22(30)27(24(34)35-19)18(23(31)32)12-20(28)29/h2-11,13,18H,12H2,1H3,(H,28,29)(H,31,32)/b19-11+. The molecule has 2 heterocycles. The maximum absolute atomic E-state index is 13.1. The molecule has 178 valence electrons. The summed E-state index contributed by atoms with van der Waals surface area (Å²) in [5, 5.41) is 23.3. The molecule has 0 aliphatic carbocycles. The summed E-state index contributed by atoms with van der Waals surface area (Å²) in [6.45, 7) is 0. The van der Waals surface area contributed by atoms with Crippen molar-refractivity contribution in [2.45, 2.75) is 12.5 Å². The predicted molar refractivity (Wildman–Crippen MR) is 134 cm³/mol. The number of hydrogen-bond donors (Lipinski definition) is 2. The van der Waals surface area contributed by atoms with Crippen molar-refractivity contribution in [1.82, 2.24) is 14.7 Å². The lowest BCUT2D eigenvalue weighted by atomic mass is 10.1. The fourth-order valence-corrected chi connectivity index (χ4v) is 4.87. The summed E-state index contributed by atoms with van der Waals surface area (Å²) < 4.78 is 6.89. The zero-order valence-electron chi connectivity index (χ0n) is 18.3. The van der Waals surface area contributed by atoms with Crippen LogP contribution in [-0.2, 0) is 14.4 Å². The number of aliphatic carboxylic acids is 2.